The van der Waals surface area contributed by atoms with Crippen LogP contribution in [0.3, 0.4) is 0 Å². The maximum atomic E-state index is 4.24. The van der Waals surface area contributed by atoms with Crippen molar-refractivity contribution >= 4 is 5.82 Å². The van der Waals surface area contributed by atoms with Gasteiger partial charge < -0.3 is 15.5 Å². The van der Waals surface area contributed by atoms with Crippen LogP contribution in [0.4, 0.5) is 5.82 Å². The highest BCUT2D eigenvalue weighted by molar-refractivity contribution is 5.32. The molecule has 0 atom stereocenters. The highest BCUT2D eigenvalue weighted by Gasteiger charge is 2.07. The summed E-state index contributed by atoms with van der Waals surface area (Å²) in [5.41, 5.74) is 0. The van der Waals surface area contributed by atoms with E-state index in [2.05, 4.69) is 20.5 Å². The molecule has 0 saturated carbocycles. The van der Waals surface area contributed by atoms with Gasteiger partial charge in [0, 0.05) is 38.9 Å². The molecule has 2 rings (SSSR count). The van der Waals surface area contributed by atoms with Gasteiger partial charge in [0.1, 0.15) is 5.82 Å². The van der Waals surface area contributed by atoms with E-state index in [9.17, 15) is 0 Å². The molecule has 1 aromatic rings. The predicted octanol–water partition coefficient (Wildman–Crippen LogP) is 1.18. The molecule has 0 amide bonds. The molecule has 94 valence electrons. The summed E-state index contributed by atoms with van der Waals surface area (Å²) < 4.78 is 0. The van der Waals surface area contributed by atoms with Crippen molar-refractivity contribution in [1.82, 2.24) is 15.2 Å². The quantitative estimate of drug-likeness (QED) is 0.725. The second kappa shape index (κ2) is 7.25. The van der Waals surface area contributed by atoms with Crippen LogP contribution >= 0.6 is 0 Å². The van der Waals surface area contributed by atoms with Crippen LogP contribution in [0.1, 0.15) is 12.8 Å². The Balaban J connectivity index is 1.51. The molecule has 4 heteroatoms. The lowest BCUT2D eigenvalue weighted by Crippen LogP contribution is -2.43. The molecular formula is C13H22N4. The first-order valence-corrected chi connectivity index (χ1v) is 6.53. The van der Waals surface area contributed by atoms with E-state index in [4.69, 9.17) is 0 Å². The summed E-state index contributed by atoms with van der Waals surface area (Å²) in [6, 6.07) is 5.96. The van der Waals surface area contributed by atoms with E-state index < -0.39 is 0 Å². The minimum absolute atomic E-state index is 0.981. The first kappa shape index (κ1) is 12.3. The molecule has 17 heavy (non-hydrogen) atoms. The zero-order valence-electron chi connectivity index (χ0n) is 10.4. The minimum atomic E-state index is 0.981. The average molecular weight is 234 g/mol. The molecule has 2 heterocycles. The van der Waals surface area contributed by atoms with Crippen LogP contribution in [0.25, 0.3) is 0 Å². The van der Waals surface area contributed by atoms with E-state index in [0.29, 0.717) is 0 Å². The van der Waals surface area contributed by atoms with Crippen molar-refractivity contribution in [2.45, 2.75) is 12.8 Å². The van der Waals surface area contributed by atoms with Gasteiger partial charge in [0.25, 0.3) is 0 Å². The van der Waals surface area contributed by atoms with Gasteiger partial charge in [-0.15, -0.1) is 0 Å². The van der Waals surface area contributed by atoms with Crippen LogP contribution in [0.15, 0.2) is 24.4 Å². The van der Waals surface area contributed by atoms with E-state index in [-0.39, 0.29) is 0 Å². The van der Waals surface area contributed by atoms with Gasteiger partial charge in [0.2, 0.25) is 0 Å². The third-order valence-electron chi connectivity index (χ3n) is 3.08. The van der Waals surface area contributed by atoms with Gasteiger partial charge in [-0.2, -0.15) is 0 Å². The normalized spacial score (nSPS) is 16.9. The first-order chi connectivity index (χ1) is 8.45. The van der Waals surface area contributed by atoms with Crippen LogP contribution in [-0.4, -0.2) is 49.2 Å². The molecule has 0 unspecified atom stereocenters. The van der Waals surface area contributed by atoms with Crippen molar-refractivity contribution in [3.8, 4) is 0 Å². The molecule has 0 radical (unpaired) electrons. The summed E-state index contributed by atoms with van der Waals surface area (Å²) in [6.45, 7) is 6.94. The Morgan fingerprint density at radius 3 is 2.88 bits per heavy atom. The number of pyridine rings is 1. The van der Waals surface area contributed by atoms with Gasteiger partial charge in [0.15, 0.2) is 0 Å². The Hall–Kier alpha value is -1.13. The molecule has 1 aliphatic rings. The van der Waals surface area contributed by atoms with Gasteiger partial charge in [-0.05, 0) is 31.5 Å². The Kier molecular flexibility index (Phi) is 5.26. The highest BCUT2D eigenvalue weighted by Crippen LogP contribution is 2.01. The smallest absolute Gasteiger partial charge is 0.125 e. The molecule has 1 aromatic heterocycles. The maximum Gasteiger partial charge on any atom is 0.125 e. The summed E-state index contributed by atoms with van der Waals surface area (Å²) in [6.07, 6.45) is 4.30. The molecule has 0 aromatic carbocycles. The summed E-state index contributed by atoms with van der Waals surface area (Å²) in [4.78, 5) is 6.78. The predicted molar refractivity (Wildman–Crippen MR) is 71.3 cm³/mol. The number of aromatic nitrogens is 1. The fraction of sp³-hybridized carbons (Fsp3) is 0.615. The maximum absolute atomic E-state index is 4.24. The van der Waals surface area contributed by atoms with E-state index in [1.165, 1.54) is 32.5 Å². The molecule has 4 nitrogen and oxygen atoms in total. The van der Waals surface area contributed by atoms with Gasteiger partial charge in [-0.3, -0.25) is 0 Å². The minimum Gasteiger partial charge on any atom is -0.370 e. The Bertz CT molecular complexity index is 296. The molecule has 0 spiro atoms. The number of hydrogen-bond donors (Lipinski definition) is 2. The number of piperazine rings is 1. The third kappa shape index (κ3) is 4.71. The SMILES string of the molecule is c1ccc(NCCCCN2CCNCC2)nc1. The van der Waals surface area contributed by atoms with Crippen molar-refractivity contribution in [3.63, 3.8) is 0 Å². The van der Waals surface area contributed by atoms with Gasteiger partial charge in [0.05, 0.1) is 0 Å². The first-order valence-electron chi connectivity index (χ1n) is 6.53. The van der Waals surface area contributed by atoms with Crippen LogP contribution in [0.5, 0.6) is 0 Å². The van der Waals surface area contributed by atoms with Crippen LogP contribution in [0.2, 0.25) is 0 Å². The van der Waals surface area contributed by atoms with Crippen molar-refractivity contribution in [1.29, 1.82) is 0 Å². The van der Waals surface area contributed by atoms with Crippen molar-refractivity contribution < 1.29 is 0 Å². The summed E-state index contributed by atoms with van der Waals surface area (Å²) in [5, 5.41) is 6.72. The van der Waals surface area contributed by atoms with Gasteiger partial charge >= 0.3 is 0 Å². The number of hydrogen-bond acceptors (Lipinski definition) is 4. The lowest BCUT2D eigenvalue weighted by molar-refractivity contribution is 0.237. The standard InChI is InChI=1S/C13H22N4/c1-2-6-15-13(5-1)16-7-3-4-10-17-11-8-14-9-12-17/h1-2,5-6,14H,3-4,7-12H2,(H,15,16). The molecule has 0 aliphatic carbocycles. The fourth-order valence-electron chi connectivity index (χ4n) is 2.08. The molecule has 1 saturated heterocycles. The van der Waals surface area contributed by atoms with E-state index in [1.807, 2.05) is 24.4 Å². The van der Waals surface area contributed by atoms with Crippen molar-refractivity contribution in [2.24, 2.45) is 0 Å². The second-order valence-electron chi connectivity index (χ2n) is 4.44. The summed E-state index contributed by atoms with van der Waals surface area (Å²) in [7, 11) is 0. The average Bonchev–Trinajstić information content (AvgIpc) is 2.41. The van der Waals surface area contributed by atoms with Crippen LogP contribution in [-0.2, 0) is 0 Å². The van der Waals surface area contributed by atoms with E-state index in [0.717, 1.165) is 25.5 Å². The van der Waals surface area contributed by atoms with Crippen LogP contribution in [0, 0.1) is 0 Å². The van der Waals surface area contributed by atoms with E-state index >= 15 is 0 Å². The molecule has 1 fully saturated rings. The Labute approximate surface area is 103 Å². The third-order valence-corrected chi connectivity index (χ3v) is 3.08. The number of anilines is 1. The lowest BCUT2D eigenvalue weighted by atomic mass is 10.2. The molecular weight excluding hydrogens is 212 g/mol. The number of rotatable bonds is 6. The zero-order valence-corrected chi connectivity index (χ0v) is 10.4. The van der Waals surface area contributed by atoms with Gasteiger partial charge in [-0.1, -0.05) is 6.07 Å². The van der Waals surface area contributed by atoms with E-state index in [1.54, 1.807) is 0 Å². The summed E-state index contributed by atoms with van der Waals surface area (Å²) in [5.74, 6) is 0.981. The number of nitrogens with zero attached hydrogens (tertiary/aromatic N) is 2. The van der Waals surface area contributed by atoms with Crippen LogP contribution < -0.4 is 10.6 Å². The van der Waals surface area contributed by atoms with Crippen molar-refractivity contribution in [3.05, 3.63) is 24.4 Å². The largest absolute Gasteiger partial charge is 0.370 e. The number of unbranched alkanes of at least 4 members (excludes halogenated alkanes) is 1. The Morgan fingerprint density at radius 1 is 1.24 bits per heavy atom. The topological polar surface area (TPSA) is 40.2 Å². The highest BCUT2D eigenvalue weighted by atomic mass is 15.2. The van der Waals surface area contributed by atoms with Gasteiger partial charge in [-0.25, -0.2) is 4.98 Å². The molecule has 0 bridgehead atoms. The monoisotopic (exact) mass is 234 g/mol. The lowest BCUT2D eigenvalue weighted by Gasteiger charge is -2.27. The zero-order chi connectivity index (χ0) is 11.8. The second-order valence-corrected chi connectivity index (χ2v) is 4.44. The fourth-order valence-corrected chi connectivity index (χ4v) is 2.08. The number of nitrogens with one attached hydrogen (secondary N) is 2. The molecule has 1 aliphatic heterocycles. The molecule has 2 N–H and O–H groups in total. The van der Waals surface area contributed by atoms with Crippen molar-refractivity contribution in [2.75, 3.05) is 44.6 Å². The Morgan fingerprint density at radius 2 is 2.12 bits per heavy atom. The summed E-state index contributed by atoms with van der Waals surface area (Å²) >= 11 is 0.